The lowest BCUT2D eigenvalue weighted by Gasteiger charge is -2.02. The minimum absolute atomic E-state index is 0.211. The molecular formula is C12H9ClN2O3S. The average Bonchev–Trinajstić information content (AvgIpc) is 2.70. The number of thiophene rings is 1. The van der Waals surface area contributed by atoms with E-state index in [-0.39, 0.29) is 15.9 Å². The molecule has 0 atom stereocenters. The molecule has 2 aromatic heterocycles. The summed E-state index contributed by atoms with van der Waals surface area (Å²) in [5, 5.41) is 12.3. The van der Waals surface area contributed by atoms with Gasteiger partial charge < -0.3 is 10.4 Å². The lowest BCUT2D eigenvalue weighted by atomic mass is 10.2. The first-order valence-electron chi connectivity index (χ1n) is 5.24. The third kappa shape index (κ3) is 3.10. The van der Waals surface area contributed by atoms with Crippen LogP contribution in [-0.4, -0.2) is 22.0 Å². The number of halogens is 1. The number of carboxylic acids is 1. The minimum atomic E-state index is -1.00. The second kappa shape index (κ2) is 5.38. The van der Waals surface area contributed by atoms with Gasteiger partial charge in [-0.15, -0.1) is 11.3 Å². The molecule has 0 radical (unpaired) electrons. The second-order valence-electron chi connectivity index (χ2n) is 3.75. The number of nitrogens with zero attached hydrogens (tertiary/aromatic N) is 1. The van der Waals surface area contributed by atoms with Crippen molar-refractivity contribution < 1.29 is 14.7 Å². The van der Waals surface area contributed by atoms with Gasteiger partial charge in [0.05, 0.1) is 5.00 Å². The molecule has 0 unspecified atom stereocenters. The second-order valence-corrected chi connectivity index (χ2v) is 5.19. The molecule has 98 valence electrons. The topological polar surface area (TPSA) is 79.3 Å². The van der Waals surface area contributed by atoms with Crippen molar-refractivity contribution in [1.29, 1.82) is 0 Å². The first-order valence-corrected chi connectivity index (χ1v) is 6.43. The first-order chi connectivity index (χ1) is 8.97. The number of carboxylic acid groups (broad SMARTS) is 1. The summed E-state index contributed by atoms with van der Waals surface area (Å²) < 4.78 is 0. The Labute approximate surface area is 117 Å². The van der Waals surface area contributed by atoms with E-state index in [9.17, 15) is 9.59 Å². The number of carbonyl (C=O) groups excluding carboxylic acids is 1. The molecule has 1 amide bonds. The molecule has 0 saturated carbocycles. The van der Waals surface area contributed by atoms with E-state index in [0.29, 0.717) is 16.1 Å². The van der Waals surface area contributed by atoms with E-state index < -0.39 is 5.97 Å². The number of anilines is 1. The van der Waals surface area contributed by atoms with Crippen molar-refractivity contribution in [3.8, 4) is 0 Å². The van der Waals surface area contributed by atoms with Crippen LogP contribution in [0.15, 0.2) is 24.4 Å². The number of hydrogen-bond donors (Lipinski definition) is 2. The molecular weight excluding hydrogens is 288 g/mol. The Morgan fingerprint density at radius 3 is 2.74 bits per heavy atom. The summed E-state index contributed by atoms with van der Waals surface area (Å²) in [6, 6.07) is 4.59. The third-order valence-electron chi connectivity index (χ3n) is 2.34. The molecule has 0 bridgehead atoms. The summed E-state index contributed by atoms with van der Waals surface area (Å²) in [6.45, 7) is 1.68. The highest BCUT2D eigenvalue weighted by atomic mass is 35.5. The van der Waals surface area contributed by atoms with Gasteiger partial charge in [-0.3, -0.25) is 4.79 Å². The van der Waals surface area contributed by atoms with Gasteiger partial charge in [-0.05, 0) is 30.7 Å². The lowest BCUT2D eigenvalue weighted by molar-refractivity contribution is 0.0701. The fourth-order valence-corrected chi connectivity index (χ4v) is 2.56. The van der Waals surface area contributed by atoms with Crippen molar-refractivity contribution in [2.24, 2.45) is 0 Å². The number of pyridine rings is 1. The van der Waals surface area contributed by atoms with Crippen molar-refractivity contribution in [3.63, 3.8) is 0 Å². The summed E-state index contributed by atoms with van der Waals surface area (Å²) in [5.74, 6) is -1.36. The van der Waals surface area contributed by atoms with E-state index in [4.69, 9.17) is 16.7 Å². The van der Waals surface area contributed by atoms with E-state index in [1.165, 1.54) is 18.3 Å². The monoisotopic (exact) mass is 296 g/mol. The highest BCUT2D eigenvalue weighted by Crippen LogP contribution is 2.27. The van der Waals surface area contributed by atoms with Crippen molar-refractivity contribution in [2.75, 3.05) is 5.32 Å². The van der Waals surface area contributed by atoms with Crippen LogP contribution in [0.5, 0.6) is 0 Å². The van der Waals surface area contributed by atoms with Gasteiger partial charge in [-0.2, -0.15) is 0 Å². The Hall–Kier alpha value is -1.92. The van der Waals surface area contributed by atoms with Gasteiger partial charge in [-0.25, -0.2) is 9.78 Å². The number of carbonyl (C=O) groups is 2. The zero-order chi connectivity index (χ0) is 14.0. The van der Waals surface area contributed by atoms with E-state index >= 15 is 0 Å². The van der Waals surface area contributed by atoms with Gasteiger partial charge in [0.25, 0.3) is 5.91 Å². The van der Waals surface area contributed by atoms with Gasteiger partial charge in [0.2, 0.25) is 0 Å². The predicted octanol–water partition coefficient (Wildman–Crippen LogP) is 3.06. The molecule has 2 rings (SSSR count). The zero-order valence-corrected chi connectivity index (χ0v) is 11.4. The number of nitrogens with one attached hydrogen (secondary N) is 1. The molecule has 0 saturated heterocycles. The molecule has 0 aliphatic rings. The molecule has 0 aliphatic heterocycles. The van der Waals surface area contributed by atoms with E-state index in [2.05, 4.69) is 10.3 Å². The number of rotatable bonds is 3. The van der Waals surface area contributed by atoms with Gasteiger partial charge in [-0.1, -0.05) is 11.6 Å². The molecule has 0 fully saturated rings. The number of hydrogen-bond acceptors (Lipinski definition) is 4. The normalized spacial score (nSPS) is 10.2. The number of aryl methyl sites for hydroxylation is 1. The average molecular weight is 297 g/mol. The SMILES string of the molecule is Cc1cc(NC(=O)c2ccnc(Cl)c2)sc1C(=O)O. The molecule has 0 spiro atoms. The van der Waals surface area contributed by atoms with Crippen LogP contribution in [0.25, 0.3) is 0 Å². The maximum absolute atomic E-state index is 11.9. The molecule has 2 N–H and O–H groups in total. The fourth-order valence-electron chi connectivity index (χ4n) is 1.48. The van der Waals surface area contributed by atoms with Crippen LogP contribution in [0.4, 0.5) is 5.00 Å². The molecule has 7 heteroatoms. The van der Waals surface area contributed by atoms with E-state index in [1.807, 2.05) is 0 Å². The Bertz CT molecular complexity index is 654. The summed E-state index contributed by atoms with van der Waals surface area (Å²) in [5.41, 5.74) is 0.975. The summed E-state index contributed by atoms with van der Waals surface area (Å²) >= 11 is 6.71. The number of aromatic carboxylic acids is 1. The molecule has 0 aliphatic carbocycles. The maximum atomic E-state index is 11.9. The van der Waals surface area contributed by atoms with Crippen LogP contribution < -0.4 is 5.32 Å². The largest absolute Gasteiger partial charge is 0.477 e. The van der Waals surface area contributed by atoms with Gasteiger partial charge >= 0.3 is 5.97 Å². The van der Waals surface area contributed by atoms with Crippen molar-refractivity contribution >= 4 is 39.8 Å². The van der Waals surface area contributed by atoms with Crippen LogP contribution in [-0.2, 0) is 0 Å². The summed E-state index contributed by atoms with van der Waals surface area (Å²) in [7, 11) is 0. The fraction of sp³-hybridized carbons (Fsp3) is 0.0833. The van der Waals surface area contributed by atoms with Gasteiger partial charge in [0.15, 0.2) is 0 Å². The van der Waals surface area contributed by atoms with E-state index in [1.54, 1.807) is 13.0 Å². The Morgan fingerprint density at radius 2 is 2.16 bits per heavy atom. The molecule has 19 heavy (non-hydrogen) atoms. The Kier molecular flexibility index (Phi) is 3.82. The van der Waals surface area contributed by atoms with Crippen molar-refractivity contribution in [1.82, 2.24) is 4.98 Å². The van der Waals surface area contributed by atoms with Crippen LogP contribution in [0.1, 0.15) is 25.6 Å². The number of amides is 1. The van der Waals surface area contributed by atoms with Gasteiger partial charge in [0, 0.05) is 11.8 Å². The zero-order valence-electron chi connectivity index (χ0n) is 9.81. The smallest absolute Gasteiger partial charge is 0.346 e. The van der Waals surface area contributed by atoms with Crippen LogP contribution >= 0.6 is 22.9 Å². The molecule has 2 aromatic rings. The number of aromatic nitrogens is 1. The summed E-state index contributed by atoms with van der Waals surface area (Å²) in [6.07, 6.45) is 1.43. The highest BCUT2D eigenvalue weighted by Gasteiger charge is 2.14. The minimum Gasteiger partial charge on any atom is -0.477 e. The predicted molar refractivity (Wildman–Crippen MR) is 73.2 cm³/mol. The Balaban J connectivity index is 2.20. The highest BCUT2D eigenvalue weighted by molar-refractivity contribution is 7.18. The first kappa shape index (κ1) is 13.5. The standard InChI is InChI=1S/C12H9ClN2O3S/c1-6-4-9(19-10(6)12(17)18)15-11(16)7-2-3-14-8(13)5-7/h2-5H,1H3,(H,15,16)(H,17,18). The third-order valence-corrected chi connectivity index (χ3v) is 3.68. The van der Waals surface area contributed by atoms with Crippen LogP contribution in [0.2, 0.25) is 5.15 Å². The van der Waals surface area contributed by atoms with Crippen molar-refractivity contribution in [3.05, 3.63) is 45.6 Å². The maximum Gasteiger partial charge on any atom is 0.346 e. The van der Waals surface area contributed by atoms with Crippen LogP contribution in [0, 0.1) is 6.92 Å². The molecule has 2 heterocycles. The lowest BCUT2D eigenvalue weighted by Crippen LogP contribution is -2.10. The summed E-state index contributed by atoms with van der Waals surface area (Å²) in [4.78, 5) is 26.8. The molecule has 5 nitrogen and oxygen atoms in total. The molecule has 0 aromatic carbocycles. The quantitative estimate of drug-likeness (QED) is 0.853. The van der Waals surface area contributed by atoms with Crippen molar-refractivity contribution in [2.45, 2.75) is 6.92 Å². The van der Waals surface area contributed by atoms with E-state index in [0.717, 1.165) is 11.3 Å². The van der Waals surface area contributed by atoms with Crippen LogP contribution in [0.3, 0.4) is 0 Å². The Morgan fingerprint density at radius 1 is 1.42 bits per heavy atom. The van der Waals surface area contributed by atoms with Gasteiger partial charge in [0.1, 0.15) is 10.0 Å².